The Morgan fingerprint density at radius 1 is 1.11 bits per heavy atom. The van der Waals surface area contributed by atoms with Crippen LogP contribution in [0.4, 0.5) is 5.82 Å². The van der Waals surface area contributed by atoms with Crippen LogP contribution < -0.4 is 5.32 Å². The van der Waals surface area contributed by atoms with Crippen LogP contribution in [-0.2, 0) is 6.42 Å². The summed E-state index contributed by atoms with van der Waals surface area (Å²) < 4.78 is 0. The maximum absolute atomic E-state index is 5.93. The number of aryl methyl sites for hydroxylation is 1. The fourth-order valence-corrected chi connectivity index (χ4v) is 2.08. The van der Waals surface area contributed by atoms with Crippen molar-refractivity contribution in [1.29, 1.82) is 0 Å². The Morgan fingerprint density at radius 2 is 1.79 bits per heavy atom. The predicted molar refractivity (Wildman–Crippen MR) is 80.8 cm³/mol. The van der Waals surface area contributed by atoms with E-state index in [1.165, 1.54) is 0 Å². The van der Waals surface area contributed by atoms with Crippen LogP contribution in [0, 0.1) is 6.92 Å². The molecule has 1 aromatic heterocycles. The van der Waals surface area contributed by atoms with Crippen molar-refractivity contribution in [2.75, 3.05) is 11.9 Å². The number of anilines is 1. The van der Waals surface area contributed by atoms with Crippen molar-refractivity contribution in [2.24, 2.45) is 0 Å². The zero-order chi connectivity index (χ0) is 13.8. The van der Waals surface area contributed by atoms with Gasteiger partial charge in [-0.05, 0) is 26.0 Å². The number of hydrogen-bond acceptors (Lipinski definition) is 3. The molecule has 100 valence electrons. The lowest BCUT2D eigenvalue weighted by molar-refractivity contribution is 0.930. The van der Waals surface area contributed by atoms with E-state index in [1.807, 2.05) is 31.2 Å². The summed E-state index contributed by atoms with van der Waals surface area (Å²) in [6.45, 7) is 7.02. The SMILES string of the molecule is CCNc1nc(CC)nc(-c2ccc(Cl)cc2)c1C. The summed E-state index contributed by atoms with van der Waals surface area (Å²) in [4.78, 5) is 9.18. The highest BCUT2D eigenvalue weighted by Gasteiger charge is 2.11. The van der Waals surface area contributed by atoms with Gasteiger partial charge in [0.2, 0.25) is 0 Å². The van der Waals surface area contributed by atoms with E-state index in [2.05, 4.69) is 29.1 Å². The molecule has 0 aliphatic carbocycles. The second-order valence-electron chi connectivity index (χ2n) is 4.35. The summed E-state index contributed by atoms with van der Waals surface area (Å²) in [6.07, 6.45) is 0.819. The molecule has 0 fully saturated rings. The van der Waals surface area contributed by atoms with E-state index in [4.69, 9.17) is 11.6 Å². The Kier molecular flexibility index (Phi) is 4.38. The van der Waals surface area contributed by atoms with Gasteiger partial charge in [0.1, 0.15) is 11.6 Å². The largest absolute Gasteiger partial charge is 0.370 e. The molecule has 0 saturated carbocycles. The summed E-state index contributed by atoms with van der Waals surface area (Å²) in [5, 5.41) is 4.03. The first-order valence-electron chi connectivity index (χ1n) is 6.53. The van der Waals surface area contributed by atoms with E-state index in [1.54, 1.807) is 0 Å². The maximum Gasteiger partial charge on any atom is 0.133 e. The molecule has 3 nitrogen and oxygen atoms in total. The fraction of sp³-hybridized carbons (Fsp3) is 0.333. The van der Waals surface area contributed by atoms with E-state index in [0.717, 1.165) is 46.5 Å². The Morgan fingerprint density at radius 3 is 2.37 bits per heavy atom. The lowest BCUT2D eigenvalue weighted by atomic mass is 10.1. The van der Waals surface area contributed by atoms with E-state index in [-0.39, 0.29) is 0 Å². The van der Waals surface area contributed by atoms with Gasteiger partial charge in [-0.15, -0.1) is 0 Å². The molecule has 1 N–H and O–H groups in total. The quantitative estimate of drug-likeness (QED) is 0.913. The van der Waals surface area contributed by atoms with Crippen molar-refractivity contribution >= 4 is 17.4 Å². The van der Waals surface area contributed by atoms with E-state index >= 15 is 0 Å². The van der Waals surface area contributed by atoms with Gasteiger partial charge in [0.25, 0.3) is 0 Å². The first-order valence-corrected chi connectivity index (χ1v) is 6.90. The summed E-state index contributed by atoms with van der Waals surface area (Å²) >= 11 is 5.93. The number of nitrogens with one attached hydrogen (secondary N) is 1. The Bertz CT molecular complexity index is 564. The Balaban J connectivity index is 2.54. The van der Waals surface area contributed by atoms with Crippen LogP contribution >= 0.6 is 11.6 Å². The van der Waals surface area contributed by atoms with Crippen LogP contribution in [0.3, 0.4) is 0 Å². The Hall–Kier alpha value is -1.61. The third kappa shape index (κ3) is 3.04. The molecular formula is C15H18ClN3. The average Bonchev–Trinajstić information content (AvgIpc) is 2.42. The van der Waals surface area contributed by atoms with Gasteiger partial charge >= 0.3 is 0 Å². The van der Waals surface area contributed by atoms with E-state index < -0.39 is 0 Å². The van der Waals surface area contributed by atoms with Crippen LogP contribution in [0.25, 0.3) is 11.3 Å². The zero-order valence-electron chi connectivity index (χ0n) is 11.5. The average molecular weight is 276 g/mol. The number of aromatic nitrogens is 2. The topological polar surface area (TPSA) is 37.8 Å². The highest BCUT2D eigenvalue weighted by Crippen LogP contribution is 2.27. The molecule has 0 aliphatic heterocycles. The molecule has 1 aromatic carbocycles. The summed E-state index contributed by atoms with van der Waals surface area (Å²) in [5.74, 6) is 1.77. The van der Waals surface area contributed by atoms with Crippen molar-refractivity contribution < 1.29 is 0 Å². The minimum atomic E-state index is 0.734. The van der Waals surface area contributed by atoms with Crippen molar-refractivity contribution in [3.63, 3.8) is 0 Å². The predicted octanol–water partition coefficient (Wildman–Crippen LogP) is 4.10. The molecule has 2 rings (SSSR count). The maximum atomic E-state index is 5.93. The highest BCUT2D eigenvalue weighted by molar-refractivity contribution is 6.30. The van der Waals surface area contributed by atoms with Crippen molar-refractivity contribution in [1.82, 2.24) is 9.97 Å². The lowest BCUT2D eigenvalue weighted by Crippen LogP contribution is -2.07. The number of benzene rings is 1. The molecule has 19 heavy (non-hydrogen) atoms. The number of rotatable bonds is 4. The molecule has 0 unspecified atom stereocenters. The van der Waals surface area contributed by atoms with Crippen molar-refractivity contribution in [3.8, 4) is 11.3 Å². The number of nitrogens with zero attached hydrogens (tertiary/aromatic N) is 2. The number of hydrogen-bond donors (Lipinski definition) is 1. The first-order chi connectivity index (χ1) is 9.15. The summed E-state index contributed by atoms with van der Waals surface area (Å²) in [6, 6.07) is 7.76. The second kappa shape index (κ2) is 6.02. The first kappa shape index (κ1) is 13.8. The highest BCUT2D eigenvalue weighted by atomic mass is 35.5. The van der Waals surface area contributed by atoms with Gasteiger partial charge in [-0.25, -0.2) is 9.97 Å². The van der Waals surface area contributed by atoms with Gasteiger partial charge in [-0.1, -0.05) is 30.7 Å². The third-order valence-electron chi connectivity index (χ3n) is 2.97. The minimum Gasteiger partial charge on any atom is -0.370 e. The molecule has 0 spiro atoms. The molecule has 4 heteroatoms. The number of halogens is 1. The van der Waals surface area contributed by atoms with Gasteiger partial charge in [0, 0.05) is 29.1 Å². The smallest absolute Gasteiger partial charge is 0.133 e. The van der Waals surface area contributed by atoms with Crippen LogP contribution in [0.15, 0.2) is 24.3 Å². The third-order valence-corrected chi connectivity index (χ3v) is 3.22. The van der Waals surface area contributed by atoms with Crippen LogP contribution in [0.2, 0.25) is 5.02 Å². The summed E-state index contributed by atoms with van der Waals surface area (Å²) in [7, 11) is 0. The summed E-state index contributed by atoms with van der Waals surface area (Å²) in [5.41, 5.74) is 3.11. The minimum absolute atomic E-state index is 0.734. The van der Waals surface area contributed by atoms with Crippen LogP contribution in [0.1, 0.15) is 25.2 Å². The molecular weight excluding hydrogens is 258 g/mol. The van der Waals surface area contributed by atoms with Gasteiger partial charge in [0.15, 0.2) is 0 Å². The Labute approximate surface area is 119 Å². The molecule has 0 amide bonds. The fourth-order valence-electron chi connectivity index (χ4n) is 1.95. The van der Waals surface area contributed by atoms with Crippen LogP contribution in [0.5, 0.6) is 0 Å². The zero-order valence-corrected chi connectivity index (χ0v) is 12.3. The van der Waals surface area contributed by atoms with Gasteiger partial charge in [0.05, 0.1) is 5.69 Å². The van der Waals surface area contributed by atoms with Gasteiger partial charge < -0.3 is 5.32 Å². The molecule has 1 heterocycles. The normalized spacial score (nSPS) is 10.5. The molecule has 0 atom stereocenters. The molecule has 0 bridgehead atoms. The molecule has 0 saturated heterocycles. The monoisotopic (exact) mass is 275 g/mol. The van der Waals surface area contributed by atoms with Gasteiger partial charge in [-0.3, -0.25) is 0 Å². The molecule has 0 radical (unpaired) electrons. The second-order valence-corrected chi connectivity index (χ2v) is 4.79. The van der Waals surface area contributed by atoms with Gasteiger partial charge in [-0.2, -0.15) is 0 Å². The van der Waals surface area contributed by atoms with Crippen molar-refractivity contribution in [2.45, 2.75) is 27.2 Å². The van der Waals surface area contributed by atoms with E-state index in [0.29, 0.717) is 0 Å². The van der Waals surface area contributed by atoms with Crippen molar-refractivity contribution in [3.05, 3.63) is 40.7 Å². The molecule has 2 aromatic rings. The van der Waals surface area contributed by atoms with E-state index in [9.17, 15) is 0 Å². The standard InChI is InChI=1S/C15H18ClN3/c1-4-13-18-14(10(3)15(19-13)17-5-2)11-6-8-12(16)9-7-11/h6-9H,4-5H2,1-3H3,(H,17,18,19). The lowest BCUT2D eigenvalue weighted by Gasteiger charge is -2.13. The molecule has 0 aliphatic rings. The van der Waals surface area contributed by atoms with Crippen LogP contribution in [-0.4, -0.2) is 16.5 Å².